The van der Waals surface area contributed by atoms with Crippen LogP contribution in [0.15, 0.2) is 47.3 Å². The number of hydrogen-bond acceptors (Lipinski definition) is 3. The quantitative estimate of drug-likeness (QED) is 0.718. The zero-order chi connectivity index (χ0) is 15.8. The predicted octanol–water partition coefficient (Wildman–Crippen LogP) is 4.40. The Labute approximate surface area is 138 Å². The van der Waals surface area contributed by atoms with Crippen LogP contribution in [0, 0.1) is 17.2 Å². The zero-order valence-corrected chi connectivity index (χ0v) is 13.5. The Bertz CT molecular complexity index is 973. The molecule has 4 heteroatoms. The second kappa shape index (κ2) is 5.68. The number of thiazole rings is 1. The minimum absolute atomic E-state index is 0.123. The number of nitriles is 1. The van der Waals surface area contributed by atoms with Crippen molar-refractivity contribution in [2.75, 3.05) is 0 Å². The molecule has 114 valence electrons. The van der Waals surface area contributed by atoms with E-state index in [1.165, 1.54) is 30.6 Å². The number of aromatic nitrogens is 1. The van der Waals surface area contributed by atoms with Gasteiger partial charge < -0.3 is 0 Å². The highest BCUT2D eigenvalue weighted by Gasteiger charge is 2.20. The van der Waals surface area contributed by atoms with E-state index in [1.807, 2.05) is 47.0 Å². The molecule has 0 atom stereocenters. The third-order valence-corrected chi connectivity index (χ3v) is 5.63. The Morgan fingerprint density at radius 3 is 2.78 bits per heavy atom. The van der Waals surface area contributed by atoms with Gasteiger partial charge in [0.1, 0.15) is 0 Å². The number of benzene rings is 2. The molecular formula is C19H16N2OS. The highest BCUT2D eigenvalue weighted by atomic mass is 32.1. The monoisotopic (exact) mass is 320 g/mol. The summed E-state index contributed by atoms with van der Waals surface area (Å²) in [4.78, 5) is 12.4. The first-order valence-electron chi connectivity index (χ1n) is 7.89. The van der Waals surface area contributed by atoms with E-state index in [0.29, 0.717) is 11.5 Å². The fourth-order valence-corrected chi connectivity index (χ4v) is 4.11. The lowest BCUT2D eigenvalue weighted by atomic mass is 9.85. The number of fused-ring (bicyclic) bond motifs is 1. The average molecular weight is 320 g/mol. The maximum atomic E-state index is 12.3. The maximum absolute atomic E-state index is 12.3. The minimum Gasteiger partial charge on any atom is -0.298 e. The van der Waals surface area contributed by atoms with E-state index in [4.69, 9.17) is 0 Å². The molecule has 1 aliphatic carbocycles. The molecule has 1 saturated carbocycles. The summed E-state index contributed by atoms with van der Waals surface area (Å²) in [5.41, 5.74) is 3.59. The van der Waals surface area contributed by atoms with Crippen LogP contribution in [0.3, 0.4) is 0 Å². The van der Waals surface area contributed by atoms with Crippen molar-refractivity contribution in [3.63, 3.8) is 0 Å². The maximum Gasteiger partial charge on any atom is 0.308 e. The van der Waals surface area contributed by atoms with Crippen LogP contribution in [0.25, 0.3) is 21.3 Å². The summed E-state index contributed by atoms with van der Waals surface area (Å²) in [7, 11) is 0. The summed E-state index contributed by atoms with van der Waals surface area (Å²) < 4.78 is 2.92. The minimum atomic E-state index is 0.123. The molecule has 1 heterocycles. The molecule has 0 bridgehead atoms. The van der Waals surface area contributed by atoms with E-state index in [9.17, 15) is 10.1 Å². The zero-order valence-electron chi connectivity index (χ0n) is 12.7. The van der Waals surface area contributed by atoms with Gasteiger partial charge in [0.15, 0.2) is 0 Å². The molecule has 0 N–H and O–H groups in total. The van der Waals surface area contributed by atoms with Crippen molar-refractivity contribution >= 4 is 21.6 Å². The molecule has 0 unspecified atom stereocenters. The van der Waals surface area contributed by atoms with Gasteiger partial charge in [-0.15, -0.1) is 0 Å². The number of rotatable bonds is 3. The van der Waals surface area contributed by atoms with Gasteiger partial charge in [-0.1, -0.05) is 42.0 Å². The largest absolute Gasteiger partial charge is 0.308 e. The van der Waals surface area contributed by atoms with Crippen molar-refractivity contribution in [2.45, 2.75) is 25.8 Å². The highest BCUT2D eigenvalue weighted by molar-refractivity contribution is 7.16. The van der Waals surface area contributed by atoms with E-state index in [2.05, 4.69) is 6.07 Å². The van der Waals surface area contributed by atoms with Crippen LogP contribution in [-0.4, -0.2) is 4.57 Å². The molecule has 0 spiro atoms. The molecule has 0 radical (unpaired) electrons. The van der Waals surface area contributed by atoms with Gasteiger partial charge in [-0.2, -0.15) is 5.26 Å². The first-order chi connectivity index (χ1) is 11.3. The molecule has 0 amide bonds. The first-order valence-corrected chi connectivity index (χ1v) is 8.71. The van der Waals surface area contributed by atoms with Crippen LogP contribution < -0.4 is 4.87 Å². The van der Waals surface area contributed by atoms with Gasteiger partial charge in [-0.3, -0.25) is 9.36 Å². The van der Waals surface area contributed by atoms with E-state index in [0.717, 1.165) is 27.9 Å². The number of hydrogen-bond donors (Lipinski definition) is 0. The summed E-state index contributed by atoms with van der Waals surface area (Å²) in [6.07, 6.45) is 3.76. The van der Waals surface area contributed by atoms with Gasteiger partial charge in [0.05, 0.1) is 21.8 Å². The van der Waals surface area contributed by atoms with Crippen LogP contribution in [0.1, 0.15) is 24.8 Å². The molecule has 3 aromatic rings. The van der Waals surface area contributed by atoms with E-state index < -0.39 is 0 Å². The normalized spacial score (nSPS) is 14.6. The molecule has 0 aliphatic heterocycles. The molecule has 1 aliphatic rings. The summed E-state index contributed by atoms with van der Waals surface area (Å²) in [5.74, 6) is 0.657. The summed E-state index contributed by atoms with van der Waals surface area (Å²) in [5, 5.41) is 9.27. The van der Waals surface area contributed by atoms with Gasteiger partial charge in [0, 0.05) is 6.54 Å². The van der Waals surface area contributed by atoms with Crippen molar-refractivity contribution in [1.29, 1.82) is 5.26 Å². The van der Waals surface area contributed by atoms with E-state index >= 15 is 0 Å². The Morgan fingerprint density at radius 1 is 1.22 bits per heavy atom. The van der Waals surface area contributed by atoms with Gasteiger partial charge in [0.25, 0.3) is 0 Å². The molecule has 3 nitrogen and oxygen atoms in total. The Morgan fingerprint density at radius 2 is 2.04 bits per heavy atom. The van der Waals surface area contributed by atoms with Crippen molar-refractivity contribution < 1.29 is 0 Å². The lowest BCUT2D eigenvalue weighted by Crippen LogP contribution is -2.23. The molecule has 1 aromatic heterocycles. The second-order valence-corrected chi connectivity index (χ2v) is 7.11. The van der Waals surface area contributed by atoms with Crippen LogP contribution in [0.5, 0.6) is 0 Å². The lowest BCUT2D eigenvalue weighted by molar-refractivity contribution is 0.278. The molecule has 2 aromatic carbocycles. The van der Waals surface area contributed by atoms with Crippen molar-refractivity contribution in [3.8, 4) is 17.2 Å². The second-order valence-electron chi connectivity index (χ2n) is 6.12. The summed E-state index contributed by atoms with van der Waals surface area (Å²) in [6, 6.07) is 15.9. The first kappa shape index (κ1) is 14.2. The van der Waals surface area contributed by atoms with Gasteiger partial charge in [0.2, 0.25) is 0 Å². The molecule has 0 saturated heterocycles. The topological polar surface area (TPSA) is 45.8 Å². The fourth-order valence-electron chi connectivity index (χ4n) is 3.17. The van der Waals surface area contributed by atoms with Crippen LogP contribution in [-0.2, 0) is 6.54 Å². The molecule has 23 heavy (non-hydrogen) atoms. The Hall–Kier alpha value is -2.38. The Balaban J connectivity index is 1.80. The third kappa shape index (κ3) is 2.47. The third-order valence-electron chi connectivity index (χ3n) is 4.69. The van der Waals surface area contributed by atoms with Crippen molar-refractivity contribution in [2.24, 2.45) is 5.92 Å². The van der Waals surface area contributed by atoms with Gasteiger partial charge in [-0.05, 0) is 48.1 Å². The van der Waals surface area contributed by atoms with Crippen molar-refractivity contribution in [1.82, 2.24) is 4.57 Å². The van der Waals surface area contributed by atoms with Crippen molar-refractivity contribution in [3.05, 3.63) is 57.7 Å². The van der Waals surface area contributed by atoms with E-state index in [-0.39, 0.29) is 4.87 Å². The smallest absolute Gasteiger partial charge is 0.298 e. The highest BCUT2D eigenvalue weighted by Crippen LogP contribution is 2.31. The number of nitrogens with zero attached hydrogens (tertiary/aromatic N) is 2. The Kier molecular flexibility index (Phi) is 3.51. The van der Waals surface area contributed by atoms with Crippen LogP contribution >= 0.6 is 11.3 Å². The molecule has 4 rings (SSSR count). The van der Waals surface area contributed by atoms with Crippen LogP contribution in [0.2, 0.25) is 0 Å². The standard InChI is InChI=1S/C19H16N2OS/c20-11-15-6-1-2-7-16(15)14-8-9-17-18(10-14)23-19(22)21(17)12-13-4-3-5-13/h1-2,6-10,13H,3-5,12H2. The predicted molar refractivity (Wildman–Crippen MR) is 93.6 cm³/mol. The SMILES string of the molecule is N#Cc1ccccc1-c1ccc2c(c1)sc(=O)n2CC1CCC1. The summed E-state index contributed by atoms with van der Waals surface area (Å²) >= 11 is 1.30. The van der Waals surface area contributed by atoms with E-state index in [1.54, 1.807) is 0 Å². The fraction of sp³-hybridized carbons (Fsp3) is 0.263. The molecular weight excluding hydrogens is 304 g/mol. The van der Waals surface area contributed by atoms with Gasteiger partial charge in [-0.25, -0.2) is 0 Å². The molecule has 1 fully saturated rings. The van der Waals surface area contributed by atoms with Gasteiger partial charge >= 0.3 is 4.87 Å². The average Bonchev–Trinajstić information content (AvgIpc) is 2.85. The summed E-state index contributed by atoms with van der Waals surface area (Å²) in [6.45, 7) is 0.840. The lowest BCUT2D eigenvalue weighted by Gasteiger charge is -2.25. The van der Waals surface area contributed by atoms with Crippen LogP contribution in [0.4, 0.5) is 0 Å².